The van der Waals surface area contributed by atoms with E-state index in [-0.39, 0.29) is 0 Å². The lowest BCUT2D eigenvalue weighted by atomic mass is 10.2. The first-order valence-electron chi connectivity index (χ1n) is 5.23. The van der Waals surface area contributed by atoms with Crippen LogP contribution < -0.4 is 5.32 Å². The van der Waals surface area contributed by atoms with Crippen LogP contribution in [0.25, 0.3) is 0 Å². The molecule has 0 saturated carbocycles. The number of nitrogens with one attached hydrogen (secondary N) is 1. The Labute approximate surface area is 124 Å². The van der Waals surface area contributed by atoms with E-state index in [0.29, 0.717) is 16.9 Å². The number of halogens is 3. The van der Waals surface area contributed by atoms with Crippen LogP contribution >= 0.6 is 39.1 Å². The summed E-state index contributed by atoms with van der Waals surface area (Å²) in [5.74, 6) is 0. The second-order valence-corrected chi connectivity index (χ2v) is 5.41. The fourth-order valence-corrected chi connectivity index (χ4v) is 2.33. The fourth-order valence-electron chi connectivity index (χ4n) is 1.50. The number of nitrogens with zero attached hydrogens (tertiary/aromatic N) is 2. The lowest BCUT2D eigenvalue weighted by Gasteiger charge is -2.10. The summed E-state index contributed by atoms with van der Waals surface area (Å²) in [4.78, 5) is 8.27. The van der Waals surface area contributed by atoms with Gasteiger partial charge in [0.25, 0.3) is 0 Å². The maximum absolute atomic E-state index is 6.04. The molecule has 6 heteroatoms. The molecule has 0 aliphatic carbocycles. The van der Waals surface area contributed by atoms with Gasteiger partial charge in [0, 0.05) is 10.7 Å². The van der Waals surface area contributed by atoms with Crippen molar-refractivity contribution in [3.05, 3.63) is 50.4 Å². The van der Waals surface area contributed by atoms with Crippen molar-refractivity contribution in [2.24, 2.45) is 0 Å². The van der Waals surface area contributed by atoms with Crippen molar-refractivity contribution in [1.82, 2.24) is 9.97 Å². The molecule has 0 aromatic carbocycles. The average molecular weight is 347 g/mol. The van der Waals surface area contributed by atoms with Gasteiger partial charge in [0.15, 0.2) is 5.15 Å². The van der Waals surface area contributed by atoms with Crippen molar-refractivity contribution in [1.29, 1.82) is 0 Å². The third-order valence-corrected chi connectivity index (χ3v) is 3.31. The molecule has 0 atom stereocenters. The van der Waals surface area contributed by atoms with Gasteiger partial charge in [-0.15, -0.1) is 0 Å². The van der Waals surface area contributed by atoms with Gasteiger partial charge < -0.3 is 5.32 Å². The molecule has 1 N–H and O–H groups in total. The molecule has 0 aliphatic heterocycles. The van der Waals surface area contributed by atoms with Crippen LogP contribution in [-0.2, 0) is 6.54 Å². The molecule has 3 nitrogen and oxygen atoms in total. The Morgan fingerprint density at radius 2 is 2.11 bits per heavy atom. The first-order valence-corrected chi connectivity index (χ1v) is 6.78. The van der Waals surface area contributed by atoms with Gasteiger partial charge in [0.2, 0.25) is 0 Å². The second kappa shape index (κ2) is 5.87. The van der Waals surface area contributed by atoms with E-state index in [0.717, 1.165) is 21.4 Å². The highest BCUT2D eigenvalue weighted by atomic mass is 79.9. The number of hydrogen-bond acceptors (Lipinski definition) is 3. The summed E-state index contributed by atoms with van der Waals surface area (Å²) >= 11 is 15.2. The Kier molecular flexibility index (Phi) is 4.43. The Hall–Kier alpha value is -0.840. The lowest BCUT2D eigenvalue weighted by Crippen LogP contribution is -2.04. The van der Waals surface area contributed by atoms with Crippen molar-refractivity contribution in [3.63, 3.8) is 0 Å². The molecule has 2 rings (SSSR count). The van der Waals surface area contributed by atoms with Crippen LogP contribution in [0.3, 0.4) is 0 Å². The SMILES string of the molecule is Cc1cc(Cl)nc(Cl)c1NCc1ccc(Br)cn1. The highest BCUT2D eigenvalue weighted by molar-refractivity contribution is 9.10. The van der Waals surface area contributed by atoms with Gasteiger partial charge in [-0.2, -0.15) is 0 Å². The number of hydrogen-bond donors (Lipinski definition) is 1. The zero-order valence-electron chi connectivity index (χ0n) is 9.54. The second-order valence-electron chi connectivity index (χ2n) is 3.75. The number of anilines is 1. The van der Waals surface area contributed by atoms with Gasteiger partial charge in [-0.25, -0.2) is 4.98 Å². The summed E-state index contributed by atoms with van der Waals surface area (Å²) in [7, 11) is 0. The minimum atomic E-state index is 0.372. The Balaban J connectivity index is 2.13. The van der Waals surface area contributed by atoms with Crippen molar-refractivity contribution in [2.75, 3.05) is 5.32 Å². The van der Waals surface area contributed by atoms with Crippen LogP contribution in [0.1, 0.15) is 11.3 Å². The molecule has 2 aromatic heterocycles. The molecule has 0 saturated heterocycles. The Bertz CT molecular complexity index is 535. The van der Waals surface area contributed by atoms with Crippen molar-refractivity contribution >= 4 is 44.8 Å². The van der Waals surface area contributed by atoms with Crippen LogP contribution in [0.15, 0.2) is 28.9 Å². The largest absolute Gasteiger partial charge is 0.377 e. The van der Waals surface area contributed by atoms with Gasteiger partial charge in [0.1, 0.15) is 5.15 Å². The Morgan fingerprint density at radius 3 is 2.72 bits per heavy atom. The van der Waals surface area contributed by atoms with E-state index in [9.17, 15) is 0 Å². The summed E-state index contributed by atoms with van der Waals surface area (Å²) in [6.45, 7) is 2.51. The van der Waals surface area contributed by atoms with Gasteiger partial charge in [-0.3, -0.25) is 4.98 Å². The van der Waals surface area contributed by atoms with E-state index in [2.05, 4.69) is 31.2 Å². The first-order chi connectivity index (χ1) is 8.56. The number of aryl methyl sites for hydroxylation is 1. The lowest BCUT2D eigenvalue weighted by molar-refractivity contribution is 1.03. The molecule has 0 spiro atoms. The topological polar surface area (TPSA) is 37.8 Å². The zero-order chi connectivity index (χ0) is 13.1. The van der Waals surface area contributed by atoms with Gasteiger partial charge in [-0.05, 0) is 46.6 Å². The van der Waals surface area contributed by atoms with E-state index < -0.39 is 0 Å². The number of aromatic nitrogens is 2. The van der Waals surface area contributed by atoms with Crippen LogP contribution in [0.2, 0.25) is 10.3 Å². The molecule has 0 amide bonds. The molecule has 2 aromatic rings. The summed E-state index contributed by atoms with van der Waals surface area (Å²) in [6, 6.07) is 5.65. The molecule has 0 bridgehead atoms. The molecular weight excluding hydrogens is 337 g/mol. The molecule has 0 unspecified atom stereocenters. The van der Waals surface area contributed by atoms with Crippen molar-refractivity contribution < 1.29 is 0 Å². The predicted octanol–water partition coefficient (Wildman–Crippen LogP) is 4.47. The smallest absolute Gasteiger partial charge is 0.154 e. The minimum Gasteiger partial charge on any atom is -0.377 e. The quantitative estimate of drug-likeness (QED) is 0.833. The van der Waals surface area contributed by atoms with E-state index in [1.165, 1.54) is 0 Å². The van der Waals surface area contributed by atoms with Gasteiger partial charge >= 0.3 is 0 Å². The van der Waals surface area contributed by atoms with E-state index in [1.54, 1.807) is 12.3 Å². The maximum atomic E-state index is 6.04. The van der Waals surface area contributed by atoms with E-state index in [4.69, 9.17) is 23.2 Å². The molecule has 94 valence electrons. The molecular formula is C12H10BrCl2N3. The number of rotatable bonds is 3. The highest BCUT2D eigenvalue weighted by Gasteiger charge is 2.07. The summed E-state index contributed by atoms with van der Waals surface area (Å²) < 4.78 is 0.952. The fraction of sp³-hybridized carbons (Fsp3) is 0.167. The number of pyridine rings is 2. The summed E-state index contributed by atoms with van der Waals surface area (Å²) in [5.41, 5.74) is 2.66. The van der Waals surface area contributed by atoms with E-state index >= 15 is 0 Å². The Morgan fingerprint density at radius 1 is 1.33 bits per heavy atom. The van der Waals surface area contributed by atoms with Gasteiger partial charge in [0.05, 0.1) is 17.9 Å². The van der Waals surface area contributed by atoms with Crippen LogP contribution in [0.4, 0.5) is 5.69 Å². The average Bonchev–Trinajstić information content (AvgIpc) is 2.30. The standard InChI is InChI=1S/C12H10BrCl2N3/c1-7-4-10(14)18-12(15)11(7)17-6-9-3-2-8(13)5-16-9/h2-5,17H,6H2,1H3. The molecule has 0 aliphatic rings. The summed E-state index contributed by atoms with van der Waals surface area (Å²) in [6.07, 6.45) is 1.76. The molecule has 18 heavy (non-hydrogen) atoms. The van der Waals surface area contributed by atoms with Gasteiger partial charge in [-0.1, -0.05) is 23.2 Å². The van der Waals surface area contributed by atoms with Crippen molar-refractivity contribution in [3.8, 4) is 0 Å². The zero-order valence-corrected chi connectivity index (χ0v) is 12.6. The third-order valence-electron chi connectivity index (χ3n) is 2.38. The maximum Gasteiger partial charge on any atom is 0.154 e. The van der Waals surface area contributed by atoms with Crippen molar-refractivity contribution in [2.45, 2.75) is 13.5 Å². The molecule has 0 fully saturated rings. The first kappa shape index (κ1) is 13.6. The normalized spacial score (nSPS) is 10.4. The van der Waals surface area contributed by atoms with Crippen LogP contribution in [-0.4, -0.2) is 9.97 Å². The monoisotopic (exact) mass is 345 g/mol. The summed E-state index contributed by atoms with van der Waals surface area (Å²) in [5, 5.41) is 3.98. The van der Waals surface area contributed by atoms with Crippen LogP contribution in [0, 0.1) is 6.92 Å². The van der Waals surface area contributed by atoms with Crippen LogP contribution in [0.5, 0.6) is 0 Å². The molecule has 2 heterocycles. The minimum absolute atomic E-state index is 0.372. The third kappa shape index (κ3) is 3.34. The highest BCUT2D eigenvalue weighted by Crippen LogP contribution is 2.26. The van der Waals surface area contributed by atoms with E-state index in [1.807, 2.05) is 19.1 Å². The molecule has 0 radical (unpaired) electrons. The predicted molar refractivity (Wildman–Crippen MR) is 78.3 cm³/mol.